The topological polar surface area (TPSA) is 84.5 Å². The van der Waals surface area contributed by atoms with Gasteiger partial charge in [0.05, 0.1) is 12.2 Å². The molecule has 0 spiro atoms. The van der Waals surface area contributed by atoms with Gasteiger partial charge in [-0.15, -0.1) is 11.3 Å². The maximum atomic E-state index is 11.7. The minimum atomic E-state index is -3.65. The van der Waals surface area contributed by atoms with Crippen LogP contribution in [-0.4, -0.2) is 27.5 Å². The Kier molecular flexibility index (Phi) is 5.77. The number of carbonyl (C=O) groups is 1. The Labute approximate surface area is 117 Å². The van der Waals surface area contributed by atoms with Crippen LogP contribution in [0.15, 0.2) is 6.07 Å². The van der Waals surface area contributed by atoms with Crippen LogP contribution in [-0.2, 0) is 14.9 Å². The SMILES string of the molecule is CCCNS(=O)(=O)Nc1sc(C)cc1C(=O)OCC. The molecule has 0 saturated carbocycles. The summed E-state index contributed by atoms with van der Waals surface area (Å²) >= 11 is 1.20. The molecule has 0 fully saturated rings. The molecule has 19 heavy (non-hydrogen) atoms. The van der Waals surface area contributed by atoms with Crippen LogP contribution in [0.25, 0.3) is 0 Å². The van der Waals surface area contributed by atoms with Gasteiger partial charge in [-0.3, -0.25) is 4.72 Å². The number of carbonyl (C=O) groups excluding carboxylic acids is 1. The molecule has 0 saturated heterocycles. The van der Waals surface area contributed by atoms with Gasteiger partial charge < -0.3 is 4.74 Å². The summed E-state index contributed by atoms with van der Waals surface area (Å²) in [6.07, 6.45) is 0.690. The smallest absolute Gasteiger partial charge is 0.341 e. The monoisotopic (exact) mass is 306 g/mol. The largest absolute Gasteiger partial charge is 0.462 e. The van der Waals surface area contributed by atoms with Gasteiger partial charge in [0.2, 0.25) is 0 Å². The van der Waals surface area contributed by atoms with Crippen molar-refractivity contribution in [2.45, 2.75) is 27.2 Å². The Hall–Kier alpha value is -1.12. The number of nitrogens with one attached hydrogen (secondary N) is 2. The highest BCUT2D eigenvalue weighted by Crippen LogP contribution is 2.28. The van der Waals surface area contributed by atoms with Crippen LogP contribution in [0.4, 0.5) is 5.00 Å². The Morgan fingerprint density at radius 3 is 2.68 bits per heavy atom. The minimum absolute atomic E-state index is 0.242. The zero-order valence-electron chi connectivity index (χ0n) is 11.1. The van der Waals surface area contributed by atoms with Crippen molar-refractivity contribution in [3.05, 3.63) is 16.5 Å². The zero-order valence-corrected chi connectivity index (χ0v) is 12.8. The van der Waals surface area contributed by atoms with Gasteiger partial charge >= 0.3 is 5.97 Å². The number of esters is 1. The first kappa shape index (κ1) is 15.9. The quantitative estimate of drug-likeness (QED) is 0.753. The summed E-state index contributed by atoms with van der Waals surface area (Å²) in [5, 5.41) is 0.277. The van der Waals surface area contributed by atoms with Crippen LogP contribution in [0.2, 0.25) is 0 Å². The molecule has 1 aromatic heterocycles. The van der Waals surface area contributed by atoms with Crippen molar-refractivity contribution >= 4 is 32.5 Å². The normalized spacial score (nSPS) is 11.3. The fourth-order valence-corrected chi connectivity index (χ4v) is 3.49. The van der Waals surface area contributed by atoms with Crippen molar-refractivity contribution in [2.24, 2.45) is 0 Å². The first-order valence-corrected chi connectivity index (χ1v) is 8.24. The van der Waals surface area contributed by atoms with Gasteiger partial charge in [0.25, 0.3) is 10.2 Å². The van der Waals surface area contributed by atoms with Crippen LogP contribution in [0.5, 0.6) is 0 Å². The highest BCUT2D eigenvalue weighted by Gasteiger charge is 2.19. The third-order valence-corrected chi connectivity index (χ3v) is 4.27. The molecule has 0 unspecified atom stereocenters. The lowest BCUT2D eigenvalue weighted by atomic mass is 10.3. The third kappa shape index (κ3) is 4.81. The van der Waals surface area contributed by atoms with Crippen molar-refractivity contribution in [1.29, 1.82) is 0 Å². The maximum absolute atomic E-state index is 11.7. The molecule has 0 radical (unpaired) electrons. The van der Waals surface area contributed by atoms with E-state index in [2.05, 4.69) is 9.44 Å². The zero-order chi connectivity index (χ0) is 14.5. The summed E-state index contributed by atoms with van der Waals surface area (Å²) in [5.74, 6) is -0.528. The van der Waals surface area contributed by atoms with Gasteiger partial charge in [0.15, 0.2) is 0 Å². The average Bonchev–Trinajstić information content (AvgIpc) is 2.67. The van der Waals surface area contributed by atoms with E-state index in [1.807, 2.05) is 6.92 Å². The van der Waals surface area contributed by atoms with E-state index in [9.17, 15) is 13.2 Å². The highest BCUT2D eigenvalue weighted by molar-refractivity contribution is 7.91. The van der Waals surface area contributed by atoms with Crippen LogP contribution < -0.4 is 9.44 Å². The Morgan fingerprint density at radius 1 is 1.42 bits per heavy atom. The minimum Gasteiger partial charge on any atom is -0.462 e. The number of hydrogen-bond donors (Lipinski definition) is 2. The second kappa shape index (κ2) is 6.88. The third-order valence-electron chi connectivity index (χ3n) is 2.12. The molecular weight excluding hydrogens is 288 g/mol. The predicted octanol–water partition coefficient (Wildman–Crippen LogP) is 1.89. The molecule has 1 heterocycles. The van der Waals surface area contributed by atoms with Gasteiger partial charge in [-0.1, -0.05) is 6.92 Å². The fraction of sp³-hybridized carbons (Fsp3) is 0.545. The summed E-state index contributed by atoms with van der Waals surface area (Å²) in [5.41, 5.74) is 0.242. The standard InChI is InChI=1S/C11H18N2O4S2/c1-4-6-12-19(15,16)13-10-9(7-8(3)18-10)11(14)17-5-2/h7,12-13H,4-6H2,1-3H3. The van der Waals surface area contributed by atoms with Crippen molar-refractivity contribution in [1.82, 2.24) is 4.72 Å². The summed E-state index contributed by atoms with van der Waals surface area (Å²) < 4.78 is 33.1. The molecule has 0 aliphatic heterocycles. The molecular formula is C11H18N2O4S2. The molecule has 0 atom stereocenters. The van der Waals surface area contributed by atoms with E-state index < -0.39 is 16.2 Å². The number of rotatable bonds is 7. The van der Waals surface area contributed by atoms with Crippen LogP contribution >= 0.6 is 11.3 Å². The number of hydrogen-bond acceptors (Lipinski definition) is 5. The van der Waals surface area contributed by atoms with E-state index in [0.717, 1.165) is 4.88 Å². The second-order valence-electron chi connectivity index (χ2n) is 3.82. The number of thiophene rings is 1. The molecule has 0 bridgehead atoms. The second-order valence-corrected chi connectivity index (χ2v) is 6.58. The van der Waals surface area contributed by atoms with E-state index in [-0.39, 0.29) is 17.2 Å². The fourth-order valence-electron chi connectivity index (χ4n) is 1.35. The first-order chi connectivity index (χ1) is 8.89. The van der Waals surface area contributed by atoms with Crippen molar-refractivity contribution in [3.8, 4) is 0 Å². The number of ether oxygens (including phenoxy) is 1. The average molecular weight is 306 g/mol. The molecule has 6 nitrogen and oxygen atoms in total. The van der Waals surface area contributed by atoms with Crippen LogP contribution in [0.3, 0.4) is 0 Å². The molecule has 108 valence electrons. The van der Waals surface area contributed by atoms with E-state index in [1.165, 1.54) is 11.3 Å². The van der Waals surface area contributed by atoms with Gasteiger partial charge in [0.1, 0.15) is 5.00 Å². The molecule has 0 aliphatic rings. The molecule has 0 aliphatic carbocycles. The lowest BCUT2D eigenvalue weighted by Crippen LogP contribution is -2.30. The molecule has 2 N–H and O–H groups in total. The van der Waals surface area contributed by atoms with Gasteiger partial charge in [-0.2, -0.15) is 13.1 Å². The lowest BCUT2D eigenvalue weighted by Gasteiger charge is -2.08. The highest BCUT2D eigenvalue weighted by atomic mass is 32.2. The van der Waals surface area contributed by atoms with E-state index in [4.69, 9.17) is 4.74 Å². The summed E-state index contributed by atoms with van der Waals surface area (Å²) in [7, 11) is -3.65. The van der Waals surface area contributed by atoms with Crippen molar-refractivity contribution in [2.75, 3.05) is 17.9 Å². The number of anilines is 1. The summed E-state index contributed by atoms with van der Waals surface area (Å²) in [4.78, 5) is 12.5. The molecule has 0 amide bonds. The van der Waals surface area contributed by atoms with Gasteiger partial charge in [-0.25, -0.2) is 4.79 Å². The molecule has 0 aromatic carbocycles. The van der Waals surface area contributed by atoms with Gasteiger partial charge in [0, 0.05) is 11.4 Å². The molecule has 1 rings (SSSR count). The van der Waals surface area contributed by atoms with Crippen LogP contribution in [0, 0.1) is 6.92 Å². The Morgan fingerprint density at radius 2 is 2.11 bits per heavy atom. The maximum Gasteiger partial charge on any atom is 0.341 e. The number of aryl methyl sites for hydroxylation is 1. The molecule has 1 aromatic rings. The van der Waals surface area contributed by atoms with E-state index >= 15 is 0 Å². The first-order valence-electron chi connectivity index (χ1n) is 5.94. The lowest BCUT2D eigenvalue weighted by molar-refractivity contribution is 0.0528. The van der Waals surface area contributed by atoms with E-state index in [0.29, 0.717) is 13.0 Å². The van der Waals surface area contributed by atoms with Crippen LogP contribution in [0.1, 0.15) is 35.5 Å². The predicted molar refractivity (Wildman–Crippen MR) is 75.8 cm³/mol. The summed E-state index contributed by atoms with van der Waals surface area (Å²) in [6.45, 7) is 5.94. The van der Waals surface area contributed by atoms with Crippen molar-refractivity contribution in [3.63, 3.8) is 0 Å². The van der Waals surface area contributed by atoms with E-state index in [1.54, 1.807) is 19.9 Å². The Balaban J connectivity index is 2.92. The van der Waals surface area contributed by atoms with Crippen molar-refractivity contribution < 1.29 is 17.9 Å². The van der Waals surface area contributed by atoms with Gasteiger partial charge in [-0.05, 0) is 26.3 Å². The molecule has 8 heteroatoms. The Bertz CT molecular complexity index is 537. The summed E-state index contributed by atoms with van der Waals surface area (Å²) in [6, 6.07) is 1.61.